The highest BCUT2D eigenvalue weighted by Crippen LogP contribution is 2.35. The molecule has 0 aliphatic heterocycles. The minimum atomic E-state index is -2.79. The molecule has 16 heavy (non-hydrogen) atoms. The Morgan fingerprint density at radius 3 is 2.19 bits per heavy atom. The van der Waals surface area contributed by atoms with E-state index in [1.165, 1.54) is 20.3 Å². The van der Waals surface area contributed by atoms with E-state index >= 15 is 0 Å². The number of hydrogen-bond donors (Lipinski definition) is 2. The Morgan fingerprint density at radius 2 is 1.81 bits per heavy atom. The van der Waals surface area contributed by atoms with Crippen molar-refractivity contribution in [2.24, 2.45) is 0 Å². The summed E-state index contributed by atoms with van der Waals surface area (Å²) in [6.07, 6.45) is -2.79. The summed E-state index contributed by atoms with van der Waals surface area (Å²) in [4.78, 5) is 0. The van der Waals surface area contributed by atoms with Gasteiger partial charge in [0.2, 0.25) is 0 Å². The normalized spacial score (nSPS) is 10.4. The highest BCUT2D eigenvalue weighted by atomic mass is 19.3. The number of methoxy groups -OCH3 is 2. The molecule has 0 amide bonds. The lowest BCUT2D eigenvalue weighted by molar-refractivity contribution is 0.146. The molecule has 0 saturated heterocycles. The molecular formula is C9H11BF2O4. The zero-order valence-electron chi connectivity index (χ0n) is 8.78. The average molecular weight is 232 g/mol. The van der Waals surface area contributed by atoms with E-state index in [2.05, 4.69) is 0 Å². The predicted octanol–water partition coefficient (Wildman–Crippen LogP) is 0.321. The lowest BCUT2D eigenvalue weighted by Crippen LogP contribution is -2.30. The molecule has 0 aliphatic carbocycles. The van der Waals surface area contributed by atoms with Crippen molar-refractivity contribution >= 4 is 12.6 Å². The van der Waals surface area contributed by atoms with Gasteiger partial charge in [-0.05, 0) is 17.6 Å². The van der Waals surface area contributed by atoms with Crippen LogP contribution in [0.3, 0.4) is 0 Å². The predicted molar refractivity (Wildman–Crippen MR) is 54.3 cm³/mol. The van der Waals surface area contributed by atoms with E-state index in [0.717, 1.165) is 6.07 Å². The van der Waals surface area contributed by atoms with E-state index in [4.69, 9.17) is 19.5 Å². The third-order valence-electron chi connectivity index (χ3n) is 2.06. The largest absolute Gasteiger partial charge is 0.493 e. The van der Waals surface area contributed by atoms with Gasteiger partial charge in [-0.1, -0.05) is 0 Å². The molecule has 0 saturated carbocycles. The zero-order chi connectivity index (χ0) is 12.3. The molecular weight excluding hydrogens is 221 g/mol. The molecule has 2 N–H and O–H groups in total. The summed E-state index contributed by atoms with van der Waals surface area (Å²) in [6, 6.07) is 2.20. The average Bonchev–Trinajstić information content (AvgIpc) is 2.26. The first-order valence-electron chi connectivity index (χ1n) is 4.41. The van der Waals surface area contributed by atoms with Crippen LogP contribution in [0.2, 0.25) is 0 Å². The Morgan fingerprint density at radius 1 is 1.19 bits per heavy atom. The first-order valence-corrected chi connectivity index (χ1v) is 4.41. The monoisotopic (exact) mass is 232 g/mol. The molecule has 0 fully saturated rings. The van der Waals surface area contributed by atoms with Crippen molar-refractivity contribution in [1.29, 1.82) is 0 Å². The fourth-order valence-corrected chi connectivity index (χ4v) is 1.33. The quantitative estimate of drug-likeness (QED) is 0.734. The molecule has 0 spiro atoms. The second-order valence-corrected chi connectivity index (χ2v) is 3.02. The summed E-state index contributed by atoms with van der Waals surface area (Å²) in [5, 5.41) is 17.9. The van der Waals surface area contributed by atoms with Crippen LogP contribution in [0.1, 0.15) is 12.0 Å². The van der Waals surface area contributed by atoms with Crippen molar-refractivity contribution in [3.8, 4) is 11.5 Å². The van der Waals surface area contributed by atoms with Crippen LogP contribution in [0.25, 0.3) is 0 Å². The van der Waals surface area contributed by atoms with Crippen molar-refractivity contribution in [3.63, 3.8) is 0 Å². The van der Waals surface area contributed by atoms with Crippen molar-refractivity contribution in [3.05, 3.63) is 17.7 Å². The molecule has 0 aromatic heterocycles. The maximum Gasteiger partial charge on any atom is 0.488 e. The van der Waals surface area contributed by atoms with E-state index in [1.54, 1.807) is 0 Å². The van der Waals surface area contributed by atoms with Crippen molar-refractivity contribution in [2.75, 3.05) is 14.2 Å². The van der Waals surface area contributed by atoms with Crippen LogP contribution in [0.15, 0.2) is 12.1 Å². The molecule has 1 aromatic rings. The number of ether oxygens (including phenoxy) is 2. The Kier molecular flexibility index (Phi) is 4.08. The number of hydrogen-bond acceptors (Lipinski definition) is 4. The fraction of sp³-hybridized carbons (Fsp3) is 0.333. The van der Waals surface area contributed by atoms with Crippen LogP contribution in [-0.4, -0.2) is 31.4 Å². The molecule has 0 bridgehead atoms. The number of benzene rings is 1. The van der Waals surface area contributed by atoms with Gasteiger partial charge in [0.05, 0.1) is 19.8 Å². The molecule has 1 rings (SSSR count). The molecule has 7 heteroatoms. The van der Waals surface area contributed by atoms with E-state index < -0.39 is 19.1 Å². The first-order chi connectivity index (χ1) is 7.51. The van der Waals surface area contributed by atoms with Crippen LogP contribution < -0.4 is 14.9 Å². The van der Waals surface area contributed by atoms with Gasteiger partial charge in [-0.25, -0.2) is 8.78 Å². The van der Waals surface area contributed by atoms with Gasteiger partial charge >= 0.3 is 7.12 Å². The third-order valence-corrected chi connectivity index (χ3v) is 2.06. The first kappa shape index (κ1) is 12.7. The summed E-state index contributed by atoms with van der Waals surface area (Å²) in [5.74, 6) is -0.0784. The SMILES string of the molecule is COc1cc(B(O)O)cc(C(F)F)c1OC. The van der Waals surface area contributed by atoms with Gasteiger partial charge in [0, 0.05) is 0 Å². The number of rotatable bonds is 4. The Labute approximate surface area is 91.6 Å². The molecule has 1 aromatic carbocycles. The number of alkyl halides is 2. The molecule has 0 heterocycles. The van der Waals surface area contributed by atoms with Gasteiger partial charge < -0.3 is 19.5 Å². The van der Waals surface area contributed by atoms with Crippen molar-refractivity contribution in [2.45, 2.75) is 6.43 Å². The standard InChI is InChI=1S/C9H11BF2O4/c1-15-7-4-5(10(13)14)3-6(9(11)12)8(7)16-2/h3-4,9,13-14H,1-2H3. The third kappa shape index (κ3) is 2.42. The second-order valence-electron chi connectivity index (χ2n) is 3.02. The summed E-state index contributed by atoms with van der Waals surface area (Å²) >= 11 is 0. The summed E-state index contributed by atoms with van der Waals surface area (Å²) in [6.45, 7) is 0. The Balaban J connectivity index is 3.37. The summed E-state index contributed by atoms with van der Waals surface area (Å²) in [5.41, 5.74) is -0.516. The highest BCUT2D eigenvalue weighted by molar-refractivity contribution is 6.58. The van der Waals surface area contributed by atoms with Crippen molar-refractivity contribution in [1.82, 2.24) is 0 Å². The summed E-state index contributed by atoms with van der Waals surface area (Å²) < 4.78 is 35.0. The molecule has 88 valence electrons. The minimum Gasteiger partial charge on any atom is -0.493 e. The van der Waals surface area contributed by atoms with Crippen LogP contribution in [-0.2, 0) is 0 Å². The molecule has 0 aliphatic rings. The van der Waals surface area contributed by atoms with E-state index in [9.17, 15) is 8.78 Å². The van der Waals surface area contributed by atoms with Crippen LogP contribution in [0.4, 0.5) is 8.78 Å². The molecule has 0 atom stereocenters. The molecule has 0 radical (unpaired) electrons. The topological polar surface area (TPSA) is 58.9 Å². The van der Waals surface area contributed by atoms with E-state index in [0.29, 0.717) is 0 Å². The lowest BCUT2D eigenvalue weighted by atomic mass is 9.79. The van der Waals surface area contributed by atoms with E-state index in [1.807, 2.05) is 0 Å². The smallest absolute Gasteiger partial charge is 0.488 e. The van der Waals surface area contributed by atoms with Crippen LogP contribution in [0.5, 0.6) is 11.5 Å². The van der Waals surface area contributed by atoms with Gasteiger partial charge in [-0.2, -0.15) is 0 Å². The lowest BCUT2D eigenvalue weighted by Gasteiger charge is -2.14. The summed E-state index contributed by atoms with van der Waals surface area (Å²) in [7, 11) is 0.677. The van der Waals surface area contributed by atoms with Crippen molar-refractivity contribution < 1.29 is 28.3 Å². The minimum absolute atomic E-state index is 0.0309. The van der Waals surface area contributed by atoms with E-state index in [-0.39, 0.29) is 17.0 Å². The molecule has 4 nitrogen and oxygen atoms in total. The van der Waals surface area contributed by atoms with Gasteiger partial charge in [-0.3, -0.25) is 0 Å². The van der Waals surface area contributed by atoms with Gasteiger partial charge in [0.15, 0.2) is 11.5 Å². The maximum atomic E-state index is 12.7. The van der Waals surface area contributed by atoms with Crippen LogP contribution >= 0.6 is 0 Å². The highest BCUT2D eigenvalue weighted by Gasteiger charge is 2.23. The second kappa shape index (κ2) is 5.13. The number of halogens is 2. The van der Waals surface area contributed by atoms with Gasteiger partial charge in [0.1, 0.15) is 0 Å². The molecule has 0 unspecified atom stereocenters. The maximum absolute atomic E-state index is 12.7. The van der Waals surface area contributed by atoms with Crippen LogP contribution in [0, 0.1) is 0 Å². The Bertz CT molecular complexity index is 371. The van der Waals surface area contributed by atoms with Gasteiger partial charge in [0.25, 0.3) is 6.43 Å². The Hall–Kier alpha value is -1.34. The zero-order valence-corrected chi connectivity index (χ0v) is 8.78. The van der Waals surface area contributed by atoms with Gasteiger partial charge in [-0.15, -0.1) is 0 Å². The fourth-order valence-electron chi connectivity index (χ4n) is 1.33.